The molecule has 1 heterocycles. The van der Waals surface area contributed by atoms with Gasteiger partial charge in [-0.2, -0.15) is 0 Å². The average molecular weight is 488 g/mol. The van der Waals surface area contributed by atoms with E-state index in [4.69, 9.17) is 9.47 Å². The van der Waals surface area contributed by atoms with Crippen molar-refractivity contribution in [3.05, 3.63) is 65.7 Å². The van der Waals surface area contributed by atoms with Crippen LogP contribution in [0.2, 0.25) is 0 Å². The number of alkyl halides is 2. The van der Waals surface area contributed by atoms with E-state index < -0.39 is 17.9 Å². The lowest BCUT2D eigenvalue weighted by molar-refractivity contribution is -0.115. The van der Waals surface area contributed by atoms with Crippen LogP contribution in [0.3, 0.4) is 0 Å². The molecule has 1 N–H and O–H groups in total. The lowest BCUT2D eigenvalue weighted by Gasteiger charge is -2.41. The minimum Gasteiger partial charge on any atom is -0.483 e. The number of hydrogen-bond donors (Lipinski definition) is 1. The van der Waals surface area contributed by atoms with E-state index in [9.17, 15) is 13.6 Å². The van der Waals surface area contributed by atoms with Crippen LogP contribution in [0.25, 0.3) is 0 Å². The molecule has 0 aromatic heterocycles. The van der Waals surface area contributed by atoms with Crippen molar-refractivity contribution < 1.29 is 23.0 Å². The van der Waals surface area contributed by atoms with Crippen LogP contribution in [0.4, 0.5) is 14.5 Å². The van der Waals surface area contributed by atoms with Crippen molar-refractivity contribution in [1.82, 2.24) is 0 Å². The molecule has 1 aliphatic heterocycles. The fraction of sp³-hybridized carbons (Fsp3) is 0.444. The highest BCUT2D eigenvalue weighted by Gasteiger charge is 2.42. The van der Waals surface area contributed by atoms with Gasteiger partial charge in [0, 0.05) is 29.8 Å². The quantitative estimate of drug-likeness (QED) is 0.350. The van der Waals surface area contributed by atoms with Crippen molar-refractivity contribution in [1.29, 1.82) is 0 Å². The molecule has 0 bridgehead atoms. The van der Waals surface area contributed by atoms with E-state index in [-0.39, 0.29) is 18.7 Å². The molecule has 2 aliphatic rings. The maximum atomic E-state index is 14.1. The molecule has 1 amide bonds. The third-order valence-electron chi connectivity index (χ3n) is 6.33. The van der Waals surface area contributed by atoms with Crippen LogP contribution in [-0.2, 0) is 16.0 Å². The zero-order valence-electron chi connectivity index (χ0n) is 19.4. The zero-order valence-corrected chi connectivity index (χ0v) is 20.2. The van der Waals surface area contributed by atoms with Crippen molar-refractivity contribution in [2.45, 2.75) is 61.9 Å². The molecule has 182 valence electrons. The number of thioether (sulfide) groups is 1. The van der Waals surface area contributed by atoms with Gasteiger partial charge < -0.3 is 14.8 Å². The molecule has 0 spiro atoms. The second kappa shape index (κ2) is 11.4. The van der Waals surface area contributed by atoms with Gasteiger partial charge in [-0.25, -0.2) is 8.78 Å². The van der Waals surface area contributed by atoms with Gasteiger partial charge in [-0.15, -0.1) is 11.8 Å². The van der Waals surface area contributed by atoms with Gasteiger partial charge in [-0.05, 0) is 59.7 Å². The molecule has 2 aromatic rings. The number of nitrogens with one attached hydrogen (secondary N) is 1. The maximum Gasteiger partial charge on any atom is 0.228 e. The van der Waals surface area contributed by atoms with E-state index >= 15 is 0 Å². The molecule has 1 aliphatic carbocycles. The Morgan fingerprint density at radius 3 is 2.44 bits per heavy atom. The number of amides is 1. The molecule has 4 nitrogen and oxygen atoms in total. The van der Waals surface area contributed by atoms with Gasteiger partial charge >= 0.3 is 0 Å². The Morgan fingerprint density at radius 2 is 1.79 bits per heavy atom. The minimum absolute atomic E-state index is 0.0490. The number of carbonyl (C=O) groups excluding carboxylic acids is 1. The van der Waals surface area contributed by atoms with Gasteiger partial charge in [0.15, 0.2) is 0 Å². The number of rotatable bonds is 8. The minimum atomic E-state index is -1.50. The number of allylic oxidation sites excluding steroid dienone is 1. The molecule has 0 radical (unpaired) electrons. The molecule has 2 unspecified atom stereocenters. The Labute approximate surface area is 204 Å². The van der Waals surface area contributed by atoms with Crippen LogP contribution >= 0.6 is 11.8 Å². The molecule has 2 aromatic carbocycles. The zero-order chi connectivity index (χ0) is 24.0. The number of benzene rings is 2. The van der Waals surface area contributed by atoms with Crippen LogP contribution in [-0.4, -0.2) is 42.8 Å². The molecule has 34 heavy (non-hydrogen) atoms. The van der Waals surface area contributed by atoms with Crippen molar-refractivity contribution in [2.24, 2.45) is 0 Å². The van der Waals surface area contributed by atoms with Gasteiger partial charge in [0.2, 0.25) is 5.91 Å². The van der Waals surface area contributed by atoms with E-state index in [2.05, 4.69) is 12.2 Å². The summed E-state index contributed by atoms with van der Waals surface area (Å²) in [5.74, 6) is 1.55. The first-order valence-electron chi connectivity index (χ1n) is 11.8. The Hall–Kier alpha value is -2.38. The Bertz CT molecular complexity index is 988. The summed E-state index contributed by atoms with van der Waals surface area (Å²) in [5, 5.41) is 2.92. The third-order valence-corrected chi connectivity index (χ3v) is 7.23. The standard InChI is InChI=1S/C27H31F2NO3S/c1-2-34-23-10-3-19(4-11-23)17-26(31)30-21-6-8-22(9-7-21)33-27(13-15-32-16-14-27)20-5-12-24(28)25(29)18-20/h3-11,24-25H,2,12-18H2,1H3,(H,30,31). The average Bonchev–Trinajstić information content (AvgIpc) is 2.84. The third kappa shape index (κ3) is 6.19. The van der Waals surface area contributed by atoms with E-state index in [1.165, 1.54) is 4.90 Å². The Balaban J connectivity index is 1.38. The fourth-order valence-corrected chi connectivity index (χ4v) is 5.14. The Kier molecular flexibility index (Phi) is 8.27. The SMILES string of the molecule is CCSc1ccc(CC(=O)Nc2ccc(OC3(C4=CCC(F)C(F)C4)CCOCC3)cc2)cc1. The van der Waals surface area contributed by atoms with E-state index in [0.717, 1.165) is 16.9 Å². The molecular weight excluding hydrogens is 456 g/mol. The number of halogens is 2. The summed E-state index contributed by atoms with van der Waals surface area (Å²) in [5.41, 5.74) is 1.77. The summed E-state index contributed by atoms with van der Waals surface area (Å²) in [4.78, 5) is 13.7. The van der Waals surface area contributed by atoms with Crippen LogP contribution in [0.5, 0.6) is 5.75 Å². The highest BCUT2D eigenvalue weighted by molar-refractivity contribution is 7.99. The highest BCUT2D eigenvalue weighted by Crippen LogP contribution is 2.40. The molecular formula is C27H31F2NO3S. The lowest BCUT2D eigenvalue weighted by Crippen LogP contribution is -2.45. The monoisotopic (exact) mass is 487 g/mol. The van der Waals surface area contributed by atoms with Crippen molar-refractivity contribution >= 4 is 23.4 Å². The largest absolute Gasteiger partial charge is 0.483 e. The fourth-order valence-electron chi connectivity index (χ4n) is 4.48. The highest BCUT2D eigenvalue weighted by atomic mass is 32.2. The van der Waals surface area contributed by atoms with E-state index in [0.29, 0.717) is 43.9 Å². The predicted octanol–water partition coefficient (Wildman–Crippen LogP) is 6.30. The van der Waals surface area contributed by atoms with Gasteiger partial charge in [-0.3, -0.25) is 4.79 Å². The molecule has 1 saturated heterocycles. The first kappa shape index (κ1) is 24.7. The van der Waals surface area contributed by atoms with Crippen LogP contribution in [0, 0.1) is 0 Å². The Morgan fingerprint density at radius 1 is 1.09 bits per heavy atom. The van der Waals surface area contributed by atoms with Crippen LogP contribution in [0.1, 0.15) is 38.2 Å². The predicted molar refractivity (Wildman–Crippen MR) is 132 cm³/mol. The summed E-state index contributed by atoms with van der Waals surface area (Å²) in [7, 11) is 0. The molecule has 0 saturated carbocycles. The molecule has 2 atom stereocenters. The van der Waals surface area contributed by atoms with E-state index in [1.807, 2.05) is 24.3 Å². The number of carbonyl (C=O) groups is 1. The molecule has 7 heteroatoms. The first-order chi connectivity index (χ1) is 16.5. The molecule has 4 rings (SSSR count). The topological polar surface area (TPSA) is 47.6 Å². The summed E-state index contributed by atoms with van der Waals surface area (Å²) >= 11 is 1.77. The number of hydrogen-bond acceptors (Lipinski definition) is 4. The second-order valence-electron chi connectivity index (χ2n) is 8.74. The second-order valence-corrected chi connectivity index (χ2v) is 10.1. The summed E-state index contributed by atoms with van der Waals surface area (Å²) in [6.45, 7) is 3.14. The summed E-state index contributed by atoms with van der Waals surface area (Å²) < 4.78 is 39.7. The molecule has 1 fully saturated rings. The van der Waals surface area contributed by atoms with Gasteiger partial charge in [0.25, 0.3) is 0 Å². The van der Waals surface area contributed by atoms with Gasteiger partial charge in [-0.1, -0.05) is 25.1 Å². The van der Waals surface area contributed by atoms with Crippen molar-refractivity contribution in [3.8, 4) is 5.75 Å². The van der Waals surface area contributed by atoms with Crippen molar-refractivity contribution in [3.63, 3.8) is 0 Å². The van der Waals surface area contributed by atoms with Gasteiger partial charge in [0.1, 0.15) is 23.7 Å². The summed E-state index contributed by atoms with van der Waals surface area (Å²) in [6, 6.07) is 15.2. The van der Waals surface area contributed by atoms with E-state index in [1.54, 1.807) is 42.1 Å². The van der Waals surface area contributed by atoms with Crippen LogP contribution < -0.4 is 10.1 Å². The normalized spacial score (nSPS) is 22.0. The van der Waals surface area contributed by atoms with Gasteiger partial charge in [0.05, 0.1) is 19.6 Å². The summed E-state index contributed by atoms with van der Waals surface area (Å²) in [6.07, 6.45) is 0.466. The maximum absolute atomic E-state index is 14.1. The van der Waals surface area contributed by atoms with Crippen molar-refractivity contribution in [2.75, 3.05) is 24.3 Å². The smallest absolute Gasteiger partial charge is 0.228 e. The number of ether oxygens (including phenoxy) is 2. The number of anilines is 1. The first-order valence-corrected chi connectivity index (χ1v) is 12.8. The lowest BCUT2D eigenvalue weighted by atomic mass is 9.79. The van der Waals surface area contributed by atoms with Crippen LogP contribution in [0.15, 0.2) is 65.1 Å².